The number of hydrogen-bond acceptors (Lipinski definition) is 2. The first-order valence-corrected chi connectivity index (χ1v) is 4.37. The van der Waals surface area contributed by atoms with Crippen LogP contribution in [0.1, 0.15) is 11.1 Å². The van der Waals surface area contributed by atoms with Crippen LogP contribution in [0.25, 0.3) is 6.08 Å². The molecule has 0 heterocycles. The van der Waals surface area contributed by atoms with Gasteiger partial charge >= 0.3 is 6.18 Å². The van der Waals surface area contributed by atoms with Crippen molar-refractivity contribution < 1.29 is 18.1 Å². The van der Waals surface area contributed by atoms with Crippen molar-refractivity contribution in [3.63, 3.8) is 0 Å². The van der Waals surface area contributed by atoms with E-state index in [1.165, 1.54) is 6.07 Å². The molecule has 0 aromatic heterocycles. The zero-order valence-corrected chi connectivity index (χ0v) is 8.42. The van der Waals surface area contributed by atoms with E-state index in [4.69, 9.17) is 11.6 Å². The van der Waals surface area contributed by atoms with Gasteiger partial charge in [0.05, 0.1) is 10.5 Å². The number of nitrogens with zero attached hydrogens (tertiary/aromatic N) is 1. The molecule has 7 heteroatoms. The van der Waals surface area contributed by atoms with Gasteiger partial charge in [0.2, 0.25) is 6.20 Å². The summed E-state index contributed by atoms with van der Waals surface area (Å²) in [5, 5.41) is 9.85. The molecule has 0 radical (unpaired) electrons. The second-order valence-electron chi connectivity index (χ2n) is 2.80. The first-order valence-electron chi connectivity index (χ1n) is 4.00. The summed E-state index contributed by atoms with van der Waals surface area (Å²) in [5.74, 6) is 0. The first-order chi connectivity index (χ1) is 7.32. The highest BCUT2D eigenvalue weighted by Crippen LogP contribution is 2.35. The van der Waals surface area contributed by atoms with Gasteiger partial charge in [-0.15, -0.1) is 0 Å². The summed E-state index contributed by atoms with van der Waals surface area (Å²) >= 11 is 5.55. The highest BCUT2D eigenvalue weighted by atomic mass is 35.5. The predicted molar refractivity (Wildman–Crippen MR) is 52.5 cm³/mol. The van der Waals surface area contributed by atoms with E-state index in [2.05, 4.69) is 0 Å². The Kier molecular flexibility index (Phi) is 3.54. The van der Waals surface area contributed by atoms with Gasteiger partial charge in [-0.1, -0.05) is 17.7 Å². The molecule has 1 aromatic rings. The molecule has 0 fully saturated rings. The molecular weight excluding hydrogens is 247 g/mol. The van der Waals surface area contributed by atoms with E-state index >= 15 is 0 Å². The molecule has 16 heavy (non-hydrogen) atoms. The Hall–Kier alpha value is -1.56. The molecule has 86 valence electrons. The highest BCUT2D eigenvalue weighted by molar-refractivity contribution is 6.32. The molecule has 0 unspecified atom stereocenters. The first kappa shape index (κ1) is 12.5. The van der Waals surface area contributed by atoms with Gasteiger partial charge in [-0.05, 0) is 12.1 Å². The standard InChI is InChI=1S/C9H5ClF3NO2/c10-8-3-1-2-7(9(11,12)13)6(8)4-5-14(15)16/h1-5H. The quantitative estimate of drug-likeness (QED) is 0.595. The number of alkyl halides is 3. The van der Waals surface area contributed by atoms with Gasteiger partial charge in [0.25, 0.3) is 0 Å². The van der Waals surface area contributed by atoms with Crippen molar-refractivity contribution in [2.45, 2.75) is 6.18 Å². The SMILES string of the molecule is O=[N+]([O-])C=Cc1c(Cl)cccc1C(F)(F)F. The van der Waals surface area contributed by atoms with Crippen molar-refractivity contribution in [3.05, 3.63) is 50.7 Å². The lowest BCUT2D eigenvalue weighted by Crippen LogP contribution is -2.07. The zero-order valence-electron chi connectivity index (χ0n) is 7.66. The van der Waals surface area contributed by atoms with E-state index in [0.29, 0.717) is 6.20 Å². The van der Waals surface area contributed by atoms with Crippen LogP contribution in [-0.4, -0.2) is 4.92 Å². The largest absolute Gasteiger partial charge is 0.417 e. The number of nitro groups is 1. The van der Waals surface area contributed by atoms with Crippen LogP contribution < -0.4 is 0 Å². The Morgan fingerprint density at radius 2 is 2.00 bits per heavy atom. The average Bonchev–Trinajstić information content (AvgIpc) is 2.13. The molecule has 0 bridgehead atoms. The average molecular weight is 252 g/mol. The minimum Gasteiger partial charge on any atom is -0.259 e. The molecule has 1 aromatic carbocycles. The molecule has 0 aliphatic carbocycles. The molecule has 0 spiro atoms. The normalized spacial score (nSPS) is 12.0. The van der Waals surface area contributed by atoms with Gasteiger partial charge in [-0.2, -0.15) is 13.2 Å². The Morgan fingerprint density at radius 3 is 2.50 bits per heavy atom. The maximum atomic E-state index is 12.5. The van der Waals surface area contributed by atoms with Crippen molar-refractivity contribution in [2.75, 3.05) is 0 Å². The smallest absolute Gasteiger partial charge is 0.259 e. The summed E-state index contributed by atoms with van der Waals surface area (Å²) in [6.45, 7) is 0. The molecule has 3 nitrogen and oxygen atoms in total. The fourth-order valence-corrected chi connectivity index (χ4v) is 1.33. The van der Waals surface area contributed by atoms with Crippen molar-refractivity contribution in [1.82, 2.24) is 0 Å². The molecule has 0 amide bonds. The van der Waals surface area contributed by atoms with Crippen LogP contribution in [-0.2, 0) is 6.18 Å². The number of rotatable bonds is 2. The second-order valence-corrected chi connectivity index (χ2v) is 3.21. The third kappa shape index (κ3) is 2.96. The van der Waals surface area contributed by atoms with Gasteiger partial charge < -0.3 is 0 Å². The monoisotopic (exact) mass is 251 g/mol. The lowest BCUT2D eigenvalue weighted by Gasteiger charge is -2.10. The predicted octanol–water partition coefficient (Wildman–Crippen LogP) is 3.61. The van der Waals surface area contributed by atoms with Crippen LogP contribution in [0.5, 0.6) is 0 Å². The van der Waals surface area contributed by atoms with Crippen LogP contribution in [0.3, 0.4) is 0 Å². The van der Waals surface area contributed by atoms with Crippen LogP contribution in [0, 0.1) is 10.1 Å². The van der Waals surface area contributed by atoms with Gasteiger partial charge in [-0.25, -0.2) is 0 Å². The van der Waals surface area contributed by atoms with Gasteiger partial charge in [0.1, 0.15) is 0 Å². The summed E-state index contributed by atoms with van der Waals surface area (Å²) in [5.41, 5.74) is -1.41. The number of hydrogen-bond donors (Lipinski definition) is 0. The van der Waals surface area contributed by atoms with Crippen LogP contribution >= 0.6 is 11.6 Å². The van der Waals surface area contributed by atoms with E-state index in [-0.39, 0.29) is 5.02 Å². The van der Waals surface area contributed by atoms with Gasteiger partial charge in [0.15, 0.2) is 0 Å². The van der Waals surface area contributed by atoms with Crippen LogP contribution in [0.4, 0.5) is 13.2 Å². The molecular formula is C9H5ClF3NO2. The highest BCUT2D eigenvalue weighted by Gasteiger charge is 2.33. The van der Waals surface area contributed by atoms with E-state index in [0.717, 1.165) is 18.2 Å². The Bertz CT molecular complexity index is 443. The van der Waals surface area contributed by atoms with Crippen LogP contribution in [0.2, 0.25) is 5.02 Å². The Labute approximate surface area is 93.3 Å². The van der Waals surface area contributed by atoms with Gasteiger partial charge in [-0.3, -0.25) is 10.1 Å². The van der Waals surface area contributed by atoms with Crippen molar-refractivity contribution >= 4 is 17.7 Å². The fourth-order valence-electron chi connectivity index (χ4n) is 1.09. The Balaban J connectivity index is 3.30. The maximum absolute atomic E-state index is 12.5. The lowest BCUT2D eigenvalue weighted by molar-refractivity contribution is -0.400. The number of benzene rings is 1. The van der Waals surface area contributed by atoms with E-state index in [1.54, 1.807) is 0 Å². The summed E-state index contributed by atoms with van der Waals surface area (Å²) in [4.78, 5) is 9.18. The molecule has 0 aliphatic rings. The van der Waals surface area contributed by atoms with Crippen molar-refractivity contribution in [3.8, 4) is 0 Å². The molecule has 0 atom stereocenters. The minimum atomic E-state index is -4.60. The molecule has 0 saturated carbocycles. The molecule has 1 rings (SSSR count). The number of halogens is 4. The van der Waals surface area contributed by atoms with Crippen molar-refractivity contribution in [2.24, 2.45) is 0 Å². The topological polar surface area (TPSA) is 43.1 Å². The van der Waals surface area contributed by atoms with Crippen molar-refractivity contribution in [1.29, 1.82) is 0 Å². The summed E-state index contributed by atoms with van der Waals surface area (Å²) in [6, 6.07) is 3.18. The second kappa shape index (κ2) is 4.52. The lowest BCUT2D eigenvalue weighted by atomic mass is 10.1. The summed E-state index contributed by atoms with van der Waals surface area (Å²) < 4.78 is 37.5. The van der Waals surface area contributed by atoms with Gasteiger partial charge in [0, 0.05) is 16.7 Å². The minimum absolute atomic E-state index is 0.187. The fraction of sp³-hybridized carbons (Fsp3) is 0.111. The van der Waals surface area contributed by atoms with E-state index in [9.17, 15) is 23.3 Å². The third-order valence-electron chi connectivity index (χ3n) is 1.72. The molecule has 0 aliphatic heterocycles. The summed E-state index contributed by atoms with van der Waals surface area (Å²) in [6.07, 6.45) is -3.46. The van der Waals surface area contributed by atoms with Crippen LogP contribution in [0.15, 0.2) is 24.4 Å². The third-order valence-corrected chi connectivity index (χ3v) is 2.05. The summed E-state index contributed by atoms with van der Waals surface area (Å²) in [7, 11) is 0. The molecule has 0 saturated heterocycles. The zero-order chi connectivity index (χ0) is 12.3. The Morgan fingerprint density at radius 1 is 1.38 bits per heavy atom. The van der Waals surface area contributed by atoms with E-state index in [1.807, 2.05) is 0 Å². The van der Waals surface area contributed by atoms with E-state index < -0.39 is 22.2 Å². The maximum Gasteiger partial charge on any atom is 0.417 e. The molecule has 0 N–H and O–H groups in total.